The Bertz CT molecular complexity index is 1240. The van der Waals surface area contributed by atoms with Crippen LogP contribution >= 0.6 is 0 Å². The molecular weight excluding hydrogens is 485 g/mol. The van der Waals surface area contributed by atoms with Gasteiger partial charge in [-0.15, -0.1) is 18.3 Å². The number of alkyl halides is 3. The third-order valence-electron chi connectivity index (χ3n) is 5.03. The van der Waals surface area contributed by atoms with Crippen molar-refractivity contribution in [2.75, 3.05) is 0 Å². The van der Waals surface area contributed by atoms with Gasteiger partial charge in [-0.1, -0.05) is 29.3 Å². The van der Waals surface area contributed by atoms with E-state index in [2.05, 4.69) is 19.7 Å². The number of hydrogen-bond acceptors (Lipinski definition) is 8. The SMILES string of the molecule is CC(Cc1ccc(-c2ncn(-c3ccc(OC(F)(F)F)cc3)n2)cc1)OC(=O)ON1C(=O)CCC1=O. The number of imide groups is 1. The Morgan fingerprint density at radius 2 is 1.67 bits per heavy atom. The molecule has 2 aromatic carbocycles. The first-order valence-electron chi connectivity index (χ1n) is 10.7. The molecule has 13 heteroatoms. The van der Waals surface area contributed by atoms with Gasteiger partial charge >= 0.3 is 12.5 Å². The summed E-state index contributed by atoms with van der Waals surface area (Å²) in [5.74, 6) is -1.14. The van der Waals surface area contributed by atoms with Crippen LogP contribution in [0.1, 0.15) is 25.3 Å². The highest BCUT2D eigenvalue weighted by molar-refractivity contribution is 6.01. The lowest BCUT2D eigenvalue weighted by Gasteiger charge is -2.16. The van der Waals surface area contributed by atoms with Crippen LogP contribution in [0.5, 0.6) is 5.75 Å². The van der Waals surface area contributed by atoms with Gasteiger partial charge in [-0.25, -0.2) is 14.5 Å². The number of ether oxygens (including phenoxy) is 2. The van der Waals surface area contributed by atoms with E-state index in [1.807, 2.05) is 0 Å². The molecule has 1 atom stereocenters. The van der Waals surface area contributed by atoms with Gasteiger partial charge in [-0.3, -0.25) is 14.4 Å². The quantitative estimate of drug-likeness (QED) is 0.351. The standard InChI is InChI=1S/C23H19F3N4O6/c1-14(34-22(33)36-30-19(31)10-11-20(30)32)12-15-2-4-16(5-3-15)21-27-13-29(28-21)17-6-8-18(9-7-17)35-23(24,25)26/h2-9,13-14H,10-12H2,1H3. The van der Waals surface area contributed by atoms with E-state index in [0.29, 0.717) is 28.6 Å². The van der Waals surface area contributed by atoms with Gasteiger partial charge in [0, 0.05) is 24.8 Å². The van der Waals surface area contributed by atoms with Gasteiger partial charge in [0.15, 0.2) is 5.82 Å². The monoisotopic (exact) mass is 504 g/mol. The number of aromatic nitrogens is 3. The second-order valence-corrected chi connectivity index (χ2v) is 7.81. The molecule has 1 fully saturated rings. The fourth-order valence-corrected chi connectivity index (χ4v) is 3.40. The molecule has 1 aromatic heterocycles. The number of nitrogens with zero attached hydrogens (tertiary/aromatic N) is 4. The largest absolute Gasteiger partial charge is 0.573 e. The molecule has 1 aliphatic heterocycles. The zero-order chi connectivity index (χ0) is 25.9. The lowest BCUT2D eigenvalue weighted by Crippen LogP contribution is -2.33. The van der Waals surface area contributed by atoms with Crippen LogP contribution in [0.15, 0.2) is 54.9 Å². The third kappa shape index (κ3) is 6.17. The number of hydrogen-bond donors (Lipinski definition) is 0. The summed E-state index contributed by atoms with van der Waals surface area (Å²) in [6, 6.07) is 12.3. The molecule has 1 aliphatic rings. The molecule has 188 valence electrons. The zero-order valence-electron chi connectivity index (χ0n) is 18.8. The van der Waals surface area contributed by atoms with Gasteiger partial charge in [0.1, 0.15) is 18.2 Å². The summed E-state index contributed by atoms with van der Waals surface area (Å²) in [5, 5.41) is 4.76. The predicted octanol–water partition coefficient (Wildman–Crippen LogP) is 3.98. The maximum absolute atomic E-state index is 12.3. The van der Waals surface area contributed by atoms with E-state index in [4.69, 9.17) is 4.74 Å². The highest BCUT2D eigenvalue weighted by atomic mass is 19.4. The number of benzene rings is 2. The first kappa shape index (κ1) is 24.7. The Labute approximate surface area is 202 Å². The van der Waals surface area contributed by atoms with Crippen molar-refractivity contribution in [3.8, 4) is 22.8 Å². The molecule has 1 saturated heterocycles. The number of hydroxylamine groups is 2. The summed E-state index contributed by atoms with van der Waals surface area (Å²) in [5.41, 5.74) is 2.01. The highest BCUT2D eigenvalue weighted by Crippen LogP contribution is 2.24. The Hall–Kier alpha value is -4.42. The van der Waals surface area contributed by atoms with Gasteiger partial charge in [-0.05, 0) is 36.8 Å². The molecule has 0 bridgehead atoms. The second kappa shape index (κ2) is 10.1. The van der Waals surface area contributed by atoms with Crippen LogP contribution < -0.4 is 4.74 Å². The number of carbonyl (C=O) groups is 3. The van der Waals surface area contributed by atoms with Crippen molar-refractivity contribution in [1.29, 1.82) is 0 Å². The molecule has 0 aliphatic carbocycles. The lowest BCUT2D eigenvalue weighted by molar-refractivity contribution is -0.274. The highest BCUT2D eigenvalue weighted by Gasteiger charge is 2.34. The van der Waals surface area contributed by atoms with Crippen LogP contribution in [0.3, 0.4) is 0 Å². The minimum Gasteiger partial charge on any atom is -0.429 e. The fraction of sp³-hybridized carbons (Fsp3) is 0.261. The van der Waals surface area contributed by atoms with Crippen LogP contribution in [0, 0.1) is 0 Å². The number of halogens is 3. The molecule has 4 rings (SSSR count). The first-order valence-corrected chi connectivity index (χ1v) is 10.7. The van der Waals surface area contributed by atoms with Gasteiger partial charge < -0.3 is 9.47 Å². The Kier molecular flexibility index (Phi) is 6.90. The van der Waals surface area contributed by atoms with Crippen LogP contribution in [-0.4, -0.2) is 50.3 Å². The minimum atomic E-state index is -4.77. The van der Waals surface area contributed by atoms with E-state index < -0.39 is 30.4 Å². The number of carbonyl (C=O) groups excluding carboxylic acids is 3. The predicted molar refractivity (Wildman–Crippen MR) is 115 cm³/mol. The van der Waals surface area contributed by atoms with Crippen LogP contribution in [0.2, 0.25) is 0 Å². The lowest BCUT2D eigenvalue weighted by atomic mass is 10.1. The summed E-state index contributed by atoms with van der Waals surface area (Å²) in [6.45, 7) is 1.64. The van der Waals surface area contributed by atoms with Crippen molar-refractivity contribution in [2.24, 2.45) is 0 Å². The van der Waals surface area contributed by atoms with Crippen LogP contribution in [0.25, 0.3) is 17.1 Å². The van der Waals surface area contributed by atoms with Crippen LogP contribution in [-0.2, 0) is 25.6 Å². The zero-order valence-corrected chi connectivity index (χ0v) is 18.8. The van der Waals surface area contributed by atoms with Crippen molar-refractivity contribution >= 4 is 18.0 Å². The number of amides is 2. The molecule has 0 radical (unpaired) electrons. The van der Waals surface area contributed by atoms with E-state index in [-0.39, 0.29) is 18.6 Å². The molecule has 1 unspecified atom stereocenters. The molecule has 36 heavy (non-hydrogen) atoms. The molecular formula is C23H19F3N4O6. The van der Waals surface area contributed by atoms with Crippen molar-refractivity contribution < 1.29 is 41.9 Å². The average Bonchev–Trinajstić information content (AvgIpc) is 3.42. The molecule has 10 nitrogen and oxygen atoms in total. The van der Waals surface area contributed by atoms with E-state index in [0.717, 1.165) is 5.56 Å². The van der Waals surface area contributed by atoms with Crippen molar-refractivity contribution in [3.05, 3.63) is 60.4 Å². The van der Waals surface area contributed by atoms with Gasteiger partial charge in [0.05, 0.1) is 5.69 Å². The molecule has 2 amide bonds. The maximum Gasteiger partial charge on any atom is 0.573 e. The normalized spacial score (nSPS) is 14.6. The molecule has 0 spiro atoms. The maximum atomic E-state index is 12.3. The summed E-state index contributed by atoms with van der Waals surface area (Å²) in [6.07, 6.45) is -4.76. The summed E-state index contributed by atoms with van der Waals surface area (Å²) >= 11 is 0. The first-order chi connectivity index (χ1) is 17.1. The van der Waals surface area contributed by atoms with Gasteiger partial charge in [0.25, 0.3) is 11.8 Å². The van der Waals surface area contributed by atoms with Crippen molar-refractivity contribution in [3.63, 3.8) is 0 Å². The second-order valence-electron chi connectivity index (χ2n) is 7.81. The fourth-order valence-electron chi connectivity index (χ4n) is 3.40. The van der Waals surface area contributed by atoms with E-state index >= 15 is 0 Å². The van der Waals surface area contributed by atoms with Crippen molar-refractivity contribution in [1.82, 2.24) is 19.8 Å². The average molecular weight is 504 g/mol. The smallest absolute Gasteiger partial charge is 0.429 e. The number of rotatable bonds is 7. The summed E-state index contributed by atoms with van der Waals surface area (Å²) < 4.78 is 47.3. The van der Waals surface area contributed by atoms with Gasteiger partial charge in [-0.2, -0.15) is 0 Å². The van der Waals surface area contributed by atoms with Crippen LogP contribution in [0.4, 0.5) is 18.0 Å². The summed E-state index contributed by atoms with van der Waals surface area (Å²) in [4.78, 5) is 43.8. The molecule has 0 N–H and O–H groups in total. The summed E-state index contributed by atoms with van der Waals surface area (Å²) in [7, 11) is 0. The van der Waals surface area contributed by atoms with E-state index in [1.54, 1.807) is 31.2 Å². The molecule has 2 heterocycles. The Morgan fingerprint density at radius 3 is 2.28 bits per heavy atom. The van der Waals surface area contributed by atoms with E-state index in [1.165, 1.54) is 35.3 Å². The molecule has 0 saturated carbocycles. The molecule has 3 aromatic rings. The Morgan fingerprint density at radius 1 is 1.03 bits per heavy atom. The van der Waals surface area contributed by atoms with Crippen molar-refractivity contribution in [2.45, 2.75) is 38.7 Å². The van der Waals surface area contributed by atoms with E-state index in [9.17, 15) is 27.6 Å². The topological polar surface area (TPSA) is 113 Å². The van der Waals surface area contributed by atoms with Gasteiger partial charge in [0.2, 0.25) is 0 Å². The minimum absolute atomic E-state index is 0.00961. The Balaban J connectivity index is 1.33. The third-order valence-corrected chi connectivity index (χ3v) is 5.03.